The summed E-state index contributed by atoms with van der Waals surface area (Å²) in [6.07, 6.45) is 3.34. The Morgan fingerprint density at radius 3 is 2.83 bits per heavy atom. The van der Waals surface area contributed by atoms with Crippen molar-refractivity contribution in [1.82, 2.24) is 10.3 Å². The number of ether oxygens (including phenoxy) is 1. The molecule has 0 spiro atoms. The summed E-state index contributed by atoms with van der Waals surface area (Å²) in [4.78, 5) is 16.7. The number of para-hydroxylation sites is 1. The molecule has 0 aliphatic carbocycles. The van der Waals surface area contributed by atoms with Gasteiger partial charge in [-0.25, -0.2) is 0 Å². The third-order valence-electron chi connectivity index (χ3n) is 4.42. The number of hydrogen-bond donors (Lipinski definition) is 3. The first kappa shape index (κ1) is 16.0. The molecule has 1 aromatic carbocycles. The van der Waals surface area contributed by atoms with Crippen LogP contribution < -0.4 is 10.2 Å². The summed E-state index contributed by atoms with van der Waals surface area (Å²) in [6, 6.07) is 8.26. The number of aromatic amines is 1. The molecule has 23 heavy (non-hydrogen) atoms. The molecule has 124 valence electrons. The maximum atomic E-state index is 12.1. The Kier molecular flexibility index (Phi) is 4.98. The van der Waals surface area contributed by atoms with Gasteiger partial charge in [-0.3, -0.25) is 4.79 Å². The summed E-state index contributed by atoms with van der Waals surface area (Å²) in [7, 11) is 0. The summed E-state index contributed by atoms with van der Waals surface area (Å²) >= 11 is 0. The van der Waals surface area contributed by atoms with Crippen molar-refractivity contribution in [3.05, 3.63) is 36.0 Å². The van der Waals surface area contributed by atoms with Crippen molar-refractivity contribution in [3.8, 4) is 0 Å². The number of rotatable bonds is 5. The first-order chi connectivity index (χ1) is 11.1. The number of morpholine rings is 1. The van der Waals surface area contributed by atoms with Crippen LogP contribution in [0.3, 0.4) is 0 Å². The maximum Gasteiger partial charge on any atom is 0.275 e. The maximum absolute atomic E-state index is 12.1. The van der Waals surface area contributed by atoms with Crippen molar-refractivity contribution < 1.29 is 14.4 Å². The quantitative estimate of drug-likeness (QED) is 0.753. The third kappa shape index (κ3) is 4.12. The number of hydrogen-bond acceptors (Lipinski definition) is 2. The van der Waals surface area contributed by atoms with E-state index in [4.69, 9.17) is 4.74 Å². The van der Waals surface area contributed by atoms with Gasteiger partial charge in [0, 0.05) is 23.6 Å². The molecule has 0 unspecified atom stereocenters. The van der Waals surface area contributed by atoms with Crippen LogP contribution >= 0.6 is 0 Å². The van der Waals surface area contributed by atoms with Crippen LogP contribution in [0, 0.1) is 0 Å². The summed E-state index contributed by atoms with van der Waals surface area (Å²) < 4.78 is 5.71. The van der Waals surface area contributed by atoms with E-state index in [0.29, 0.717) is 13.1 Å². The predicted octanol–water partition coefficient (Wildman–Crippen LogP) is 0.519. The fraction of sp³-hybridized carbons (Fsp3) is 0.500. The van der Waals surface area contributed by atoms with Gasteiger partial charge in [0.25, 0.3) is 5.91 Å². The van der Waals surface area contributed by atoms with E-state index >= 15 is 0 Å². The number of amides is 1. The first-order valence-electron chi connectivity index (χ1n) is 8.42. The highest BCUT2D eigenvalue weighted by Gasteiger charge is 2.26. The zero-order valence-corrected chi connectivity index (χ0v) is 13.9. The Hall–Kier alpha value is -1.85. The number of nitrogens with one attached hydrogen (secondary N) is 3. The van der Waals surface area contributed by atoms with Crippen LogP contribution in [0.2, 0.25) is 0 Å². The number of H-pyrrole nitrogens is 1. The number of carbonyl (C=O) groups excluding carboxylic acids is 1. The lowest BCUT2D eigenvalue weighted by molar-refractivity contribution is -0.907. The summed E-state index contributed by atoms with van der Waals surface area (Å²) in [6.45, 7) is 7.16. The van der Waals surface area contributed by atoms with E-state index in [0.717, 1.165) is 25.0 Å². The lowest BCUT2D eigenvalue weighted by Crippen LogP contribution is -3.16. The number of fused-ring (bicyclic) bond motifs is 1. The van der Waals surface area contributed by atoms with Gasteiger partial charge in [0.2, 0.25) is 0 Å². The highest BCUT2D eigenvalue weighted by atomic mass is 16.5. The molecule has 1 aliphatic rings. The van der Waals surface area contributed by atoms with E-state index in [1.54, 1.807) is 0 Å². The second-order valence-corrected chi connectivity index (χ2v) is 6.55. The van der Waals surface area contributed by atoms with E-state index in [2.05, 4.69) is 36.3 Å². The monoisotopic (exact) mass is 316 g/mol. The van der Waals surface area contributed by atoms with Gasteiger partial charge in [-0.1, -0.05) is 18.2 Å². The molecule has 3 rings (SSSR count). The van der Waals surface area contributed by atoms with Crippen molar-refractivity contribution in [3.63, 3.8) is 0 Å². The van der Waals surface area contributed by atoms with Gasteiger partial charge in [-0.2, -0.15) is 0 Å². The predicted molar refractivity (Wildman–Crippen MR) is 90.6 cm³/mol. The van der Waals surface area contributed by atoms with E-state index < -0.39 is 0 Å². The highest BCUT2D eigenvalue weighted by molar-refractivity contribution is 5.83. The summed E-state index contributed by atoms with van der Waals surface area (Å²) in [5.74, 6) is 0.126. The van der Waals surface area contributed by atoms with Gasteiger partial charge in [0.15, 0.2) is 6.54 Å². The standard InChI is InChI=1S/C18H25N3O2/c1-13-10-21(11-14(2)23-13)12-18(22)19-8-7-15-9-20-17-6-4-3-5-16(15)17/h3-6,9,13-14,20H,7-8,10-12H2,1-2H3,(H,19,22)/p+1/t13-,14-/m0/s1. The Bertz CT molecular complexity index is 657. The lowest BCUT2D eigenvalue weighted by atomic mass is 10.1. The van der Waals surface area contributed by atoms with E-state index in [9.17, 15) is 4.79 Å². The average Bonchev–Trinajstić information content (AvgIpc) is 2.90. The van der Waals surface area contributed by atoms with Crippen molar-refractivity contribution in [2.75, 3.05) is 26.2 Å². The molecule has 3 N–H and O–H groups in total. The van der Waals surface area contributed by atoms with Gasteiger partial charge in [-0.05, 0) is 31.9 Å². The highest BCUT2D eigenvalue weighted by Crippen LogP contribution is 2.17. The van der Waals surface area contributed by atoms with Crippen LogP contribution in [0.1, 0.15) is 19.4 Å². The van der Waals surface area contributed by atoms with Gasteiger partial charge in [-0.15, -0.1) is 0 Å². The fourth-order valence-electron chi connectivity index (χ4n) is 3.50. The Balaban J connectivity index is 1.46. The lowest BCUT2D eigenvalue weighted by Gasteiger charge is -2.31. The number of benzene rings is 1. The Morgan fingerprint density at radius 1 is 1.30 bits per heavy atom. The molecular weight excluding hydrogens is 290 g/mol. The molecule has 1 fully saturated rings. The SMILES string of the molecule is C[C@H]1C[NH+](CC(=O)NCCc2c[nH]c3ccccc23)C[C@H](C)O1. The van der Waals surface area contributed by atoms with E-state index in [-0.39, 0.29) is 18.1 Å². The van der Waals surface area contributed by atoms with Crippen LogP contribution in [-0.4, -0.2) is 49.3 Å². The molecule has 1 amide bonds. The third-order valence-corrected chi connectivity index (χ3v) is 4.42. The molecule has 2 aromatic rings. The first-order valence-corrected chi connectivity index (χ1v) is 8.42. The number of carbonyl (C=O) groups is 1. The molecule has 5 heteroatoms. The molecule has 2 heterocycles. The van der Waals surface area contributed by atoms with Crippen molar-refractivity contribution >= 4 is 16.8 Å². The fourth-order valence-corrected chi connectivity index (χ4v) is 3.50. The van der Waals surface area contributed by atoms with Crippen molar-refractivity contribution in [2.24, 2.45) is 0 Å². The minimum Gasteiger partial charge on any atom is -0.364 e. The normalized spacial score (nSPS) is 24.7. The van der Waals surface area contributed by atoms with Gasteiger partial charge < -0.3 is 19.9 Å². The second-order valence-electron chi connectivity index (χ2n) is 6.55. The minimum absolute atomic E-state index is 0.126. The summed E-state index contributed by atoms with van der Waals surface area (Å²) in [5.41, 5.74) is 2.40. The van der Waals surface area contributed by atoms with Gasteiger partial charge >= 0.3 is 0 Å². The topological polar surface area (TPSA) is 58.6 Å². The molecule has 1 aliphatic heterocycles. The Morgan fingerprint density at radius 2 is 2.04 bits per heavy atom. The minimum atomic E-state index is 0.126. The number of aromatic nitrogens is 1. The molecule has 2 atom stereocenters. The second kappa shape index (κ2) is 7.15. The van der Waals surface area contributed by atoms with Crippen LogP contribution in [0.5, 0.6) is 0 Å². The average molecular weight is 316 g/mol. The van der Waals surface area contributed by atoms with E-state index in [1.807, 2.05) is 18.3 Å². The van der Waals surface area contributed by atoms with Crippen LogP contribution in [0.15, 0.2) is 30.5 Å². The molecule has 1 saturated heterocycles. The van der Waals surface area contributed by atoms with Crippen LogP contribution in [0.25, 0.3) is 10.9 Å². The smallest absolute Gasteiger partial charge is 0.275 e. The molecule has 0 saturated carbocycles. The van der Waals surface area contributed by atoms with Gasteiger partial charge in [0.05, 0.1) is 0 Å². The molecular formula is C18H26N3O2+. The van der Waals surface area contributed by atoms with Gasteiger partial charge in [0.1, 0.15) is 25.3 Å². The number of quaternary nitrogens is 1. The van der Waals surface area contributed by atoms with Crippen LogP contribution in [-0.2, 0) is 16.0 Å². The summed E-state index contributed by atoms with van der Waals surface area (Å²) in [5, 5.41) is 4.29. The van der Waals surface area contributed by atoms with Crippen LogP contribution in [0.4, 0.5) is 0 Å². The molecule has 0 bridgehead atoms. The molecule has 5 nitrogen and oxygen atoms in total. The molecule has 0 radical (unpaired) electrons. The Labute approximate surface area is 137 Å². The zero-order chi connectivity index (χ0) is 16.2. The molecule has 1 aromatic heterocycles. The van der Waals surface area contributed by atoms with E-state index in [1.165, 1.54) is 15.8 Å². The van der Waals surface area contributed by atoms with Crippen molar-refractivity contribution in [2.45, 2.75) is 32.5 Å². The van der Waals surface area contributed by atoms with Crippen molar-refractivity contribution in [1.29, 1.82) is 0 Å². The zero-order valence-electron chi connectivity index (χ0n) is 13.9. The largest absolute Gasteiger partial charge is 0.364 e.